The summed E-state index contributed by atoms with van der Waals surface area (Å²) in [5, 5.41) is 4.05. The van der Waals surface area contributed by atoms with Crippen molar-refractivity contribution in [2.75, 3.05) is 7.11 Å². The van der Waals surface area contributed by atoms with Gasteiger partial charge in [0.15, 0.2) is 11.5 Å². The van der Waals surface area contributed by atoms with Crippen LogP contribution in [0.5, 0.6) is 11.5 Å². The molecular weight excluding hydrogens is 418 g/mol. The maximum atomic E-state index is 5.92. The Morgan fingerprint density at radius 1 is 1.08 bits per heavy atom. The van der Waals surface area contributed by atoms with Crippen molar-refractivity contribution < 1.29 is 13.9 Å². The van der Waals surface area contributed by atoms with E-state index in [0.717, 1.165) is 21.4 Å². The van der Waals surface area contributed by atoms with Crippen molar-refractivity contribution in [1.82, 2.24) is 5.32 Å². The SMILES string of the molecule is COc1cc(CNCc2ccco2)c(Br)cc1OCc1ccc(Cl)cc1. The summed E-state index contributed by atoms with van der Waals surface area (Å²) < 4.78 is 17.7. The molecule has 4 nitrogen and oxygen atoms in total. The number of ether oxygens (including phenoxy) is 2. The number of methoxy groups -OCH3 is 1. The van der Waals surface area contributed by atoms with Crippen LogP contribution in [-0.4, -0.2) is 7.11 Å². The minimum atomic E-state index is 0.441. The zero-order valence-electron chi connectivity index (χ0n) is 14.3. The molecule has 6 heteroatoms. The Labute approximate surface area is 166 Å². The van der Waals surface area contributed by atoms with Crippen molar-refractivity contribution in [2.24, 2.45) is 0 Å². The molecule has 0 aliphatic heterocycles. The van der Waals surface area contributed by atoms with Crippen molar-refractivity contribution in [3.05, 3.63) is 81.2 Å². The summed E-state index contributed by atoms with van der Waals surface area (Å²) in [5.74, 6) is 2.28. The van der Waals surface area contributed by atoms with Gasteiger partial charge in [0.1, 0.15) is 12.4 Å². The van der Waals surface area contributed by atoms with E-state index in [-0.39, 0.29) is 0 Å². The topological polar surface area (TPSA) is 43.6 Å². The van der Waals surface area contributed by atoms with Crippen molar-refractivity contribution >= 4 is 27.5 Å². The Balaban J connectivity index is 1.64. The van der Waals surface area contributed by atoms with Crippen molar-refractivity contribution in [3.63, 3.8) is 0 Å². The number of furan rings is 1. The van der Waals surface area contributed by atoms with Crippen LogP contribution in [0.25, 0.3) is 0 Å². The molecule has 0 spiro atoms. The lowest BCUT2D eigenvalue weighted by Gasteiger charge is -2.14. The Morgan fingerprint density at radius 3 is 2.58 bits per heavy atom. The second-order valence-electron chi connectivity index (χ2n) is 5.69. The summed E-state index contributed by atoms with van der Waals surface area (Å²) in [7, 11) is 1.64. The van der Waals surface area contributed by atoms with Gasteiger partial charge in [-0.2, -0.15) is 0 Å². The summed E-state index contributed by atoms with van der Waals surface area (Å²) in [5.41, 5.74) is 2.11. The van der Waals surface area contributed by atoms with Gasteiger partial charge in [-0.25, -0.2) is 0 Å². The van der Waals surface area contributed by atoms with Crippen molar-refractivity contribution in [3.8, 4) is 11.5 Å². The maximum Gasteiger partial charge on any atom is 0.162 e. The Bertz CT molecular complexity index is 835. The highest BCUT2D eigenvalue weighted by molar-refractivity contribution is 9.10. The van der Waals surface area contributed by atoms with Gasteiger partial charge in [-0.3, -0.25) is 0 Å². The van der Waals surface area contributed by atoms with Gasteiger partial charge in [0, 0.05) is 16.0 Å². The number of hydrogen-bond donors (Lipinski definition) is 1. The van der Waals surface area contributed by atoms with Crippen molar-refractivity contribution in [1.29, 1.82) is 0 Å². The van der Waals surface area contributed by atoms with E-state index < -0.39 is 0 Å². The standard InChI is InChI=1S/C20H19BrClNO3/c1-24-19-9-15(11-23-12-17-3-2-8-25-17)18(21)10-20(19)26-13-14-4-6-16(22)7-5-14/h2-10,23H,11-13H2,1H3. The zero-order chi connectivity index (χ0) is 18.4. The average molecular weight is 437 g/mol. The molecule has 2 aromatic carbocycles. The fourth-order valence-corrected chi connectivity index (χ4v) is 3.05. The third kappa shape index (κ3) is 5.04. The maximum absolute atomic E-state index is 5.92. The molecule has 0 fully saturated rings. The van der Waals surface area contributed by atoms with E-state index in [2.05, 4.69) is 21.2 Å². The molecular formula is C20H19BrClNO3. The van der Waals surface area contributed by atoms with Crippen LogP contribution in [0.3, 0.4) is 0 Å². The molecule has 0 unspecified atom stereocenters. The first-order chi connectivity index (χ1) is 12.7. The monoisotopic (exact) mass is 435 g/mol. The minimum Gasteiger partial charge on any atom is -0.493 e. The van der Waals surface area contributed by atoms with E-state index in [0.29, 0.717) is 36.2 Å². The van der Waals surface area contributed by atoms with Crippen LogP contribution in [0, 0.1) is 0 Å². The molecule has 0 bridgehead atoms. The second kappa shape index (κ2) is 9.12. The quantitative estimate of drug-likeness (QED) is 0.501. The average Bonchev–Trinajstić information content (AvgIpc) is 3.16. The van der Waals surface area contributed by atoms with E-state index >= 15 is 0 Å². The molecule has 136 valence electrons. The molecule has 0 radical (unpaired) electrons. The van der Waals surface area contributed by atoms with Crippen molar-refractivity contribution in [2.45, 2.75) is 19.7 Å². The molecule has 0 atom stereocenters. The lowest BCUT2D eigenvalue weighted by atomic mass is 10.2. The molecule has 1 aromatic heterocycles. The van der Waals surface area contributed by atoms with Gasteiger partial charge in [-0.05, 0) is 47.5 Å². The zero-order valence-corrected chi connectivity index (χ0v) is 16.6. The Hall–Kier alpha value is -1.95. The number of hydrogen-bond acceptors (Lipinski definition) is 4. The van der Waals surface area contributed by atoms with Gasteiger partial charge in [0.2, 0.25) is 0 Å². The molecule has 0 saturated heterocycles. The number of benzene rings is 2. The molecule has 0 amide bonds. The smallest absolute Gasteiger partial charge is 0.162 e. The third-order valence-electron chi connectivity index (χ3n) is 3.84. The summed E-state index contributed by atoms with van der Waals surface area (Å²) in [6.45, 7) is 1.78. The Kier molecular flexibility index (Phi) is 6.61. The number of halogens is 2. The highest BCUT2D eigenvalue weighted by Gasteiger charge is 2.11. The molecule has 3 aromatic rings. The molecule has 3 rings (SSSR count). The van der Waals surface area contributed by atoms with Gasteiger partial charge in [-0.1, -0.05) is 39.7 Å². The normalized spacial score (nSPS) is 10.7. The van der Waals surface area contributed by atoms with Crippen LogP contribution in [0.4, 0.5) is 0 Å². The third-order valence-corrected chi connectivity index (χ3v) is 4.83. The van der Waals surface area contributed by atoms with Gasteiger partial charge in [0.25, 0.3) is 0 Å². The fraction of sp³-hybridized carbons (Fsp3) is 0.200. The molecule has 0 saturated carbocycles. The molecule has 26 heavy (non-hydrogen) atoms. The van der Waals surface area contributed by atoms with Crippen LogP contribution >= 0.6 is 27.5 Å². The summed E-state index contributed by atoms with van der Waals surface area (Å²) in [6.07, 6.45) is 1.67. The summed E-state index contributed by atoms with van der Waals surface area (Å²) >= 11 is 9.52. The second-order valence-corrected chi connectivity index (χ2v) is 6.98. The predicted octanol–water partition coefficient (Wildman–Crippen LogP) is 5.57. The van der Waals surface area contributed by atoms with E-state index in [1.165, 1.54) is 0 Å². The summed E-state index contributed by atoms with van der Waals surface area (Å²) in [4.78, 5) is 0. The number of rotatable bonds is 8. The largest absolute Gasteiger partial charge is 0.493 e. The fourth-order valence-electron chi connectivity index (χ4n) is 2.46. The highest BCUT2D eigenvalue weighted by Crippen LogP contribution is 2.34. The van der Waals surface area contributed by atoms with Gasteiger partial charge in [0.05, 0.1) is 19.9 Å². The van der Waals surface area contributed by atoms with Crippen LogP contribution in [0.1, 0.15) is 16.9 Å². The highest BCUT2D eigenvalue weighted by atomic mass is 79.9. The van der Waals surface area contributed by atoms with E-state index in [4.69, 9.17) is 25.5 Å². The molecule has 1 heterocycles. The molecule has 0 aliphatic carbocycles. The van der Waals surface area contributed by atoms with Gasteiger partial charge >= 0.3 is 0 Å². The Morgan fingerprint density at radius 2 is 1.88 bits per heavy atom. The van der Waals surface area contributed by atoms with Crippen LogP contribution in [0.2, 0.25) is 5.02 Å². The molecule has 0 aliphatic rings. The van der Waals surface area contributed by atoms with E-state index in [9.17, 15) is 0 Å². The van der Waals surface area contributed by atoms with Crippen LogP contribution < -0.4 is 14.8 Å². The molecule has 1 N–H and O–H groups in total. The van der Waals surface area contributed by atoms with Crippen LogP contribution in [-0.2, 0) is 19.7 Å². The summed E-state index contributed by atoms with van der Waals surface area (Å²) in [6, 6.07) is 15.3. The van der Waals surface area contributed by atoms with Crippen LogP contribution in [0.15, 0.2) is 63.7 Å². The first-order valence-electron chi connectivity index (χ1n) is 8.12. The van der Waals surface area contributed by atoms with E-state index in [1.807, 2.05) is 48.5 Å². The first-order valence-corrected chi connectivity index (χ1v) is 9.29. The predicted molar refractivity (Wildman–Crippen MR) is 106 cm³/mol. The minimum absolute atomic E-state index is 0.441. The van der Waals surface area contributed by atoms with E-state index in [1.54, 1.807) is 13.4 Å². The van der Waals surface area contributed by atoms with Gasteiger partial charge < -0.3 is 19.2 Å². The number of nitrogens with one attached hydrogen (secondary N) is 1. The lowest BCUT2D eigenvalue weighted by molar-refractivity contribution is 0.284. The first kappa shape index (κ1) is 18.8. The lowest BCUT2D eigenvalue weighted by Crippen LogP contribution is -2.12. The van der Waals surface area contributed by atoms with Gasteiger partial charge in [-0.15, -0.1) is 0 Å².